The Balaban J connectivity index is 2.31. The molecular weight excluding hydrogens is 218 g/mol. The highest BCUT2D eigenvalue weighted by atomic mass is 32.1. The van der Waals surface area contributed by atoms with Gasteiger partial charge in [-0.1, -0.05) is 11.3 Å². The van der Waals surface area contributed by atoms with Crippen LogP contribution in [-0.4, -0.2) is 28.5 Å². The van der Waals surface area contributed by atoms with E-state index in [4.69, 9.17) is 10.8 Å². The first-order chi connectivity index (χ1) is 7.09. The summed E-state index contributed by atoms with van der Waals surface area (Å²) in [5, 5.41) is 12.1. The Labute approximate surface area is 90.1 Å². The van der Waals surface area contributed by atoms with Crippen molar-refractivity contribution >= 4 is 28.3 Å². The summed E-state index contributed by atoms with van der Waals surface area (Å²) >= 11 is 1.06. The van der Waals surface area contributed by atoms with Crippen LogP contribution in [0.1, 0.15) is 22.5 Å². The molecular formula is C8H11N3O3S. The van der Waals surface area contributed by atoms with Crippen LogP contribution in [-0.2, 0) is 4.79 Å². The van der Waals surface area contributed by atoms with E-state index in [1.54, 1.807) is 0 Å². The lowest BCUT2D eigenvalue weighted by atomic mass is 10.3. The molecule has 4 N–H and O–H groups in total. The molecule has 1 rings (SSSR count). The molecule has 1 amide bonds. The number of carboxylic acids is 1. The average molecular weight is 229 g/mol. The molecule has 15 heavy (non-hydrogen) atoms. The van der Waals surface area contributed by atoms with E-state index in [0.29, 0.717) is 24.5 Å². The van der Waals surface area contributed by atoms with Gasteiger partial charge in [-0.2, -0.15) is 0 Å². The normalized spacial score (nSPS) is 9.87. The molecule has 6 nitrogen and oxygen atoms in total. The first kappa shape index (κ1) is 11.4. The fraction of sp³-hybridized carbons (Fsp3) is 0.375. The predicted octanol–water partition coefficient (Wildman–Crippen LogP) is 0.519. The van der Waals surface area contributed by atoms with Crippen LogP contribution in [0.2, 0.25) is 0 Å². The van der Waals surface area contributed by atoms with Crippen molar-refractivity contribution in [1.29, 1.82) is 0 Å². The molecule has 0 aliphatic rings. The number of hydrogen-bond acceptors (Lipinski definition) is 5. The minimum atomic E-state index is -0.988. The first-order valence-corrected chi connectivity index (χ1v) is 5.12. The van der Waals surface area contributed by atoms with Crippen LogP contribution in [0.15, 0.2) is 6.20 Å². The van der Waals surface area contributed by atoms with Crippen LogP contribution in [0.3, 0.4) is 0 Å². The number of carbonyl (C=O) groups excluding carboxylic acids is 1. The average Bonchev–Trinajstić information content (AvgIpc) is 2.60. The topological polar surface area (TPSA) is 105 Å². The standard InChI is InChI=1S/C8H11N3O3S/c9-6(12)2-1-3-10-8-11-4-5(15-8)7(13)14/h4H,1-3H2,(H2,9,12)(H,10,11)(H,13,14). The molecule has 0 fully saturated rings. The molecule has 0 spiro atoms. The number of nitrogens with zero attached hydrogens (tertiary/aromatic N) is 1. The molecule has 0 atom stereocenters. The lowest BCUT2D eigenvalue weighted by Gasteiger charge is -1.99. The van der Waals surface area contributed by atoms with Crippen LogP contribution in [0.4, 0.5) is 5.13 Å². The Morgan fingerprint density at radius 1 is 1.60 bits per heavy atom. The van der Waals surface area contributed by atoms with Gasteiger partial charge in [-0.25, -0.2) is 9.78 Å². The molecule has 0 aliphatic carbocycles. The van der Waals surface area contributed by atoms with Crippen LogP contribution in [0.25, 0.3) is 0 Å². The van der Waals surface area contributed by atoms with Gasteiger partial charge in [0.1, 0.15) is 4.88 Å². The number of amides is 1. The number of nitrogens with two attached hydrogens (primary N) is 1. The van der Waals surface area contributed by atoms with Gasteiger partial charge in [0.15, 0.2) is 5.13 Å². The molecule has 0 unspecified atom stereocenters. The van der Waals surface area contributed by atoms with Gasteiger partial charge in [0.2, 0.25) is 5.91 Å². The number of aromatic nitrogens is 1. The summed E-state index contributed by atoms with van der Waals surface area (Å²) in [5.41, 5.74) is 4.96. The van der Waals surface area contributed by atoms with E-state index < -0.39 is 5.97 Å². The highest BCUT2D eigenvalue weighted by Crippen LogP contribution is 2.17. The van der Waals surface area contributed by atoms with Crippen molar-refractivity contribution in [2.24, 2.45) is 5.73 Å². The molecule has 1 aromatic heterocycles. The van der Waals surface area contributed by atoms with Crippen molar-refractivity contribution in [3.63, 3.8) is 0 Å². The van der Waals surface area contributed by atoms with E-state index >= 15 is 0 Å². The molecule has 1 heterocycles. The fourth-order valence-electron chi connectivity index (χ4n) is 0.913. The Morgan fingerprint density at radius 2 is 2.33 bits per heavy atom. The monoisotopic (exact) mass is 229 g/mol. The van der Waals surface area contributed by atoms with Crippen LogP contribution >= 0.6 is 11.3 Å². The molecule has 0 saturated heterocycles. The van der Waals surface area contributed by atoms with Crippen molar-refractivity contribution in [2.45, 2.75) is 12.8 Å². The number of thiazole rings is 1. The third kappa shape index (κ3) is 3.94. The zero-order chi connectivity index (χ0) is 11.3. The first-order valence-electron chi connectivity index (χ1n) is 4.31. The molecule has 82 valence electrons. The second-order valence-electron chi connectivity index (χ2n) is 2.83. The third-order valence-corrected chi connectivity index (χ3v) is 2.54. The molecule has 0 saturated carbocycles. The smallest absolute Gasteiger partial charge is 0.347 e. The van der Waals surface area contributed by atoms with Crippen LogP contribution in [0, 0.1) is 0 Å². The minimum absolute atomic E-state index is 0.187. The molecule has 1 aromatic rings. The third-order valence-electron chi connectivity index (χ3n) is 1.59. The maximum Gasteiger partial charge on any atom is 0.347 e. The molecule has 0 aromatic carbocycles. The van der Waals surface area contributed by atoms with E-state index in [-0.39, 0.29) is 10.8 Å². The van der Waals surface area contributed by atoms with Crippen molar-refractivity contribution in [3.05, 3.63) is 11.1 Å². The second-order valence-corrected chi connectivity index (χ2v) is 3.86. The Hall–Kier alpha value is -1.63. The highest BCUT2D eigenvalue weighted by molar-refractivity contribution is 7.17. The zero-order valence-corrected chi connectivity index (χ0v) is 8.71. The van der Waals surface area contributed by atoms with Gasteiger partial charge >= 0.3 is 5.97 Å². The van der Waals surface area contributed by atoms with E-state index in [2.05, 4.69) is 10.3 Å². The Bertz CT molecular complexity index is 364. The Morgan fingerprint density at radius 3 is 2.87 bits per heavy atom. The van der Waals surface area contributed by atoms with Crippen molar-refractivity contribution in [2.75, 3.05) is 11.9 Å². The maximum atomic E-state index is 10.5. The number of primary amides is 1. The van der Waals surface area contributed by atoms with Crippen LogP contribution in [0.5, 0.6) is 0 Å². The largest absolute Gasteiger partial charge is 0.477 e. The molecule has 7 heteroatoms. The summed E-state index contributed by atoms with van der Waals surface area (Å²) in [5.74, 6) is -1.33. The molecule has 0 bridgehead atoms. The quantitative estimate of drug-likeness (QED) is 0.617. The van der Waals surface area contributed by atoms with Gasteiger partial charge < -0.3 is 16.2 Å². The van der Waals surface area contributed by atoms with Gasteiger partial charge in [-0.15, -0.1) is 0 Å². The number of aromatic carboxylic acids is 1. The van der Waals surface area contributed by atoms with Crippen molar-refractivity contribution in [3.8, 4) is 0 Å². The number of carboxylic acid groups (broad SMARTS) is 1. The minimum Gasteiger partial charge on any atom is -0.477 e. The van der Waals surface area contributed by atoms with E-state index in [9.17, 15) is 9.59 Å². The molecule has 0 aliphatic heterocycles. The molecule has 0 radical (unpaired) electrons. The van der Waals surface area contributed by atoms with Crippen molar-refractivity contribution < 1.29 is 14.7 Å². The van der Waals surface area contributed by atoms with Crippen molar-refractivity contribution in [1.82, 2.24) is 4.98 Å². The summed E-state index contributed by atoms with van der Waals surface area (Å²) in [4.78, 5) is 25.0. The number of rotatable bonds is 6. The number of hydrogen-bond donors (Lipinski definition) is 3. The highest BCUT2D eigenvalue weighted by Gasteiger charge is 2.07. The number of nitrogens with one attached hydrogen (secondary N) is 1. The van der Waals surface area contributed by atoms with Crippen LogP contribution < -0.4 is 11.1 Å². The van der Waals surface area contributed by atoms with E-state index in [1.807, 2.05) is 0 Å². The Kier molecular flexibility index (Phi) is 4.04. The number of anilines is 1. The van der Waals surface area contributed by atoms with Gasteiger partial charge in [-0.05, 0) is 6.42 Å². The summed E-state index contributed by atoms with van der Waals surface area (Å²) in [6.45, 7) is 0.551. The van der Waals surface area contributed by atoms with E-state index in [0.717, 1.165) is 11.3 Å². The maximum absolute atomic E-state index is 10.5. The van der Waals surface area contributed by atoms with Gasteiger partial charge in [0.25, 0.3) is 0 Å². The summed E-state index contributed by atoms with van der Waals surface area (Å²) < 4.78 is 0. The van der Waals surface area contributed by atoms with Gasteiger partial charge in [0.05, 0.1) is 6.20 Å². The lowest BCUT2D eigenvalue weighted by molar-refractivity contribution is -0.118. The zero-order valence-electron chi connectivity index (χ0n) is 7.90. The van der Waals surface area contributed by atoms with Gasteiger partial charge in [0, 0.05) is 13.0 Å². The SMILES string of the molecule is NC(=O)CCCNc1ncc(C(=O)O)s1. The summed E-state index contributed by atoms with van der Waals surface area (Å²) in [7, 11) is 0. The summed E-state index contributed by atoms with van der Waals surface area (Å²) in [6, 6.07) is 0. The fourth-order valence-corrected chi connectivity index (χ4v) is 1.59. The van der Waals surface area contributed by atoms with Gasteiger partial charge in [-0.3, -0.25) is 4.79 Å². The van der Waals surface area contributed by atoms with E-state index in [1.165, 1.54) is 6.20 Å². The summed E-state index contributed by atoms with van der Waals surface area (Å²) in [6.07, 6.45) is 2.21. The lowest BCUT2D eigenvalue weighted by Crippen LogP contribution is -2.12. The number of carbonyl (C=O) groups is 2. The second kappa shape index (κ2) is 5.30. The predicted molar refractivity (Wildman–Crippen MR) is 56.0 cm³/mol.